The highest BCUT2D eigenvalue weighted by atomic mass is 16.5. The standard InChI is InChI=1S/C16H17NO4/c1-19-16(18)14-11-17-8-7-15(14)21-10-9-20-12-13-5-3-2-4-6-13/h2-8,11H,9-10,12H2,1H3. The molecule has 5 heteroatoms. The van der Waals surface area contributed by atoms with Crippen molar-refractivity contribution in [1.82, 2.24) is 4.98 Å². The van der Waals surface area contributed by atoms with Gasteiger partial charge >= 0.3 is 5.97 Å². The largest absolute Gasteiger partial charge is 0.490 e. The number of aromatic nitrogens is 1. The molecule has 0 aliphatic carbocycles. The molecule has 21 heavy (non-hydrogen) atoms. The van der Waals surface area contributed by atoms with Gasteiger partial charge in [-0.15, -0.1) is 0 Å². The fourth-order valence-electron chi connectivity index (χ4n) is 1.75. The van der Waals surface area contributed by atoms with Crippen LogP contribution in [0.4, 0.5) is 0 Å². The van der Waals surface area contributed by atoms with Crippen molar-refractivity contribution in [1.29, 1.82) is 0 Å². The molecule has 1 aromatic heterocycles. The Morgan fingerprint density at radius 3 is 2.71 bits per heavy atom. The monoisotopic (exact) mass is 287 g/mol. The van der Waals surface area contributed by atoms with Crippen LogP contribution in [-0.4, -0.2) is 31.3 Å². The second-order valence-electron chi connectivity index (χ2n) is 4.25. The average Bonchev–Trinajstić information content (AvgIpc) is 2.55. The molecule has 2 rings (SSSR count). The normalized spacial score (nSPS) is 10.1. The summed E-state index contributed by atoms with van der Waals surface area (Å²) in [4.78, 5) is 15.4. The van der Waals surface area contributed by atoms with Crippen molar-refractivity contribution in [2.75, 3.05) is 20.3 Å². The molecule has 0 saturated heterocycles. The number of benzene rings is 1. The molecule has 1 heterocycles. The molecule has 2 aromatic rings. The Kier molecular flexibility index (Phi) is 5.72. The van der Waals surface area contributed by atoms with Crippen LogP contribution in [0.25, 0.3) is 0 Å². The summed E-state index contributed by atoms with van der Waals surface area (Å²) in [7, 11) is 1.32. The Hall–Kier alpha value is -2.40. The minimum absolute atomic E-state index is 0.308. The highest BCUT2D eigenvalue weighted by Crippen LogP contribution is 2.17. The van der Waals surface area contributed by atoms with Crippen LogP contribution in [0.15, 0.2) is 48.8 Å². The average molecular weight is 287 g/mol. The zero-order valence-corrected chi connectivity index (χ0v) is 11.8. The van der Waals surface area contributed by atoms with Gasteiger partial charge in [0.1, 0.15) is 17.9 Å². The van der Waals surface area contributed by atoms with Crippen LogP contribution in [0.5, 0.6) is 5.75 Å². The van der Waals surface area contributed by atoms with Crippen molar-refractivity contribution in [2.45, 2.75) is 6.61 Å². The first-order valence-electron chi connectivity index (χ1n) is 6.58. The Morgan fingerprint density at radius 2 is 1.95 bits per heavy atom. The summed E-state index contributed by atoms with van der Waals surface area (Å²) in [5.74, 6) is -0.0246. The van der Waals surface area contributed by atoms with Crippen LogP contribution < -0.4 is 4.74 Å². The predicted octanol–water partition coefficient (Wildman–Crippen LogP) is 2.46. The molecule has 0 saturated carbocycles. The van der Waals surface area contributed by atoms with E-state index in [1.54, 1.807) is 12.3 Å². The number of pyridine rings is 1. The Bertz CT molecular complexity index is 571. The van der Waals surface area contributed by atoms with Crippen molar-refractivity contribution in [3.63, 3.8) is 0 Å². The Balaban J connectivity index is 1.77. The summed E-state index contributed by atoms with van der Waals surface area (Å²) in [6.07, 6.45) is 2.98. The number of nitrogens with zero attached hydrogens (tertiary/aromatic N) is 1. The van der Waals surface area contributed by atoms with E-state index in [2.05, 4.69) is 9.72 Å². The molecule has 0 atom stereocenters. The van der Waals surface area contributed by atoms with E-state index in [9.17, 15) is 4.79 Å². The van der Waals surface area contributed by atoms with E-state index in [0.29, 0.717) is 31.1 Å². The topological polar surface area (TPSA) is 57.7 Å². The van der Waals surface area contributed by atoms with Crippen LogP contribution >= 0.6 is 0 Å². The van der Waals surface area contributed by atoms with Crippen LogP contribution in [0, 0.1) is 0 Å². The molecule has 0 fully saturated rings. The van der Waals surface area contributed by atoms with Gasteiger partial charge in [0.2, 0.25) is 0 Å². The molecule has 110 valence electrons. The first kappa shape index (κ1) is 15.0. The fraction of sp³-hybridized carbons (Fsp3) is 0.250. The third-order valence-corrected chi connectivity index (χ3v) is 2.78. The van der Waals surface area contributed by atoms with Gasteiger partial charge in [-0.05, 0) is 11.6 Å². The van der Waals surface area contributed by atoms with Gasteiger partial charge in [0.15, 0.2) is 0 Å². The fourth-order valence-corrected chi connectivity index (χ4v) is 1.75. The van der Waals surface area contributed by atoms with Crippen molar-refractivity contribution >= 4 is 5.97 Å². The lowest BCUT2D eigenvalue weighted by molar-refractivity contribution is 0.0588. The molecule has 1 aromatic carbocycles. The van der Waals surface area contributed by atoms with Gasteiger partial charge in [0.25, 0.3) is 0 Å². The van der Waals surface area contributed by atoms with E-state index in [1.165, 1.54) is 13.3 Å². The minimum Gasteiger partial charge on any atom is -0.490 e. The quantitative estimate of drug-likeness (QED) is 0.578. The number of carbonyl (C=O) groups is 1. The third kappa shape index (κ3) is 4.57. The van der Waals surface area contributed by atoms with E-state index in [-0.39, 0.29) is 0 Å². The summed E-state index contributed by atoms with van der Waals surface area (Å²) in [5, 5.41) is 0. The number of methoxy groups -OCH3 is 1. The van der Waals surface area contributed by atoms with Crippen LogP contribution in [0.3, 0.4) is 0 Å². The molecule has 0 N–H and O–H groups in total. The maximum atomic E-state index is 11.5. The minimum atomic E-state index is -0.469. The van der Waals surface area contributed by atoms with E-state index < -0.39 is 5.97 Å². The number of rotatable bonds is 7. The van der Waals surface area contributed by atoms with Gasteiger partial charge in [0, 0.05) is 12.4 Å². The smallest absolute Gasteiger partial charge is 0.343 e. The number of hydrogen-bond donors (Lipinski definition) is 0. The summed E-state index contributed by atoms with van der Waals surface area (Å²) < 4.78 is 15.7. The van der Waals surface area contributed by atoms with Gasteiger partial charge in [-0.3, -0.25) is 4.98 Å². The maximum absolute atomic E-state index is 11.5. The summed E-state index contributed by atoms with van der Waals surface area (Å²) in [6.45, 7) is 1.31. The molecular weight excluding hydrogens is 270 g/mol. The van der Waals surface area contributed by atoms with Crippen LogP contribution in [-0.2, 0) is 16.1 Å². The zero-order valence-electron chi connectivity index (χ0n) is 11.8. The summed E-state index contributed by atoms with van der Waals surface area (Å²) in [5.41, 5.74) is 1.42. The van der Waals surface area contributed by atoms with Gasteiger partial charge in [0.05, 0.1) is 20.3 Å². The number of carbonyl (C=O) groups excluding carboxylic acids is 1. The molecule has 0 radical (unpaired) electrons. The molecule has 0 aliphatic heterocycles. The zero-order chi connectivity index (χ0) is 14.9. The lowest BCUT2D eigenvalue weighted by Gasteiger charge is -2.10. The Morgan fingerprint density at radius 1 is 1.14 bits per heavy atom. The summed E-state index contributed by atoms with van der Waals surface area (Å²) >= 11 is 0. The summed E-state index contributed by atoms with van der Waals surface area (Å²) in [6, 6.07) is 11.5. The van der Waals surface area contributed by atoms with Gasteiger partial charge < -0.3 is 14.2 Å². The molecule has 0 bridgehead atoms. The molecule has 0 spiro atoms. The number of esters is 1. The first-order chi connectivity index (χ1) is 10.3. The molecule has 5 nitrogen and oxygen atoms in total. The SMILES string of the molecule is COC(=O)c1cnccc1OCCOCc1ccccc1. The second kappa shape index (κ2) is 8.01. The van der Waals surface area contributed by atoms with E-state index in [1.807, 2.05) is 30.3 Å². The molecule has 0 aliphatic rings. The van der Waals surface area contributed by atoms with Crippen molar-refractivity contribution in [2.24, 2.45) is 0 Å². The van der Waals surface area contributed by atoms with Gasteiger partial charge in [-0.1, -0.05) is 30.3 Å². The van der Waals surface area contributed by atoms with Gasteiger partial charge in [-0.25, -0.2) is 4.79 Å². The van der Waals surface area contributed by atoms with Crippen molar-refractivity contribution in [3.05, 3.63) is 59.9 Å². The highest BCUT2D eigenvalue weighted by molar-refractivity contribution is 5.91. The number of hydrogen-bond acceptors (Lipinski definition) is 5. The third-order valence-electron chi connectivity index (χ3n) is 2.78. The van der Waals surface area contributed by atoms with Crippen molar-refractivity contribution < 1.29 is 19.0 Å². The molecular formula is C16H17NO4. The van der Waals surface area contributed by atoms with Crippen molar-refractivity contribution in [3.8, 4) is 5.75 Å². The predicted molar refractivity (Wildman–Crippen MR) is 77.2 cm³/mol. The molecule has 0 unspecified atom stereocenters. The van der Waals surface area contributed by atoms with Crippen LogP contribution in [0.1, 0.15) is 15.9 Å². The number of ether oxygens (including phenoxy) is 3. The lowest BCUT2D eigenvalue weighted by Crippen LogP contribution is -2.10. The first-order valence-corrected chi connectivity index (χ1v) is 6.58. The molecule has 0 amide bonds. The van der Waals surface area contributed by atoms with E-state index in [4.69, 9.17) is 9.47 Å². The highest BCUT2D eigenvalue weighted by Gasteiger charge is 2.12. The second-order valence-corrected chi connectivity index (χ2v) is 4.25. The Labute approximate surface area is 123 Å². The van der Waals surface area contributed by atoms with E-state index >= 15 is 0 Å². The van der Waals surface area contributed by atoms with Gasteiger partial charge in [-0.2, -0.15) is 0 Å². The maximum Gasteiger partial charge on any atom is 0.343 e. The lowest BCUT2D eigenvalue weighted by atomic mass is 10.2. The van der Waals surface area contributed by atoms with Crippen LogP contribution in [0.2, 0.25) is 0 Å². The van der Waals surface area contributed by atoms with E-state index in [0.717, 1.165) is 5.56 Å².